The molecule has 3 unspecified atom stereocenters. The maximum atomic E-state index is 11.7. The lowest BCUT2D eigenvalue weighted by atomic mass is 9.77. The number of carbonyl (C=O) groups excluding carboxylic acids is 1. The number of rotatable bonds is 4. The van der Waals surface area contributed by atoms with Crippen molar-refractivity contribution in [2.45, 2.75) is 44.6 Å². The van der Waals surface area contributed by atoms with E-state index < -0.39 is 0 Å². The summed E-state index contributed by atoms with van der Waals surface area (Å²) in [4.78, 5) is 14.0. The van der Waals surface area contributed by atoms with Gasteiger partial charge >= 0.3 is 5.97 Å². The summed E-state index contributed by atoms with van der Waals surface area (Å²) in [5.41, 5.74) is 0.0924. The average molecular weight is 225 g/mol. The van der Waals surface area contributed by atoms with Crippen LogP contribution in [0.5, 0.6) is 0 Å². The van der Waals surface area contributed by atoms with Gasteiger partial charge in [0.05, 0.1) is 13.0 Å². The van der Waals surface area contributed by atoms with Crippen molar-refractivity contribution < 1.29 is 9.53 Å². The van der Waals surface area contributed by atoms with Gasteiger partial charge in [0.2, 0.25) is 0 Å². The van der Waals surface area contributed by atoms with Crippen LogP contribution >= 0.6 is 0 Å². The molecule has 3 atom stereocenters. The van der Waals surface area contributed by atoms with E-state index in [0.29, 0.717) is 18.9 Å². The third kappa shape index (κ3) is 1.86. The number of hydrogen-bond acceptors (Lipinski definition) is 3. The molecule has 2 aliphatic rings. The highest BCUT2D eigenvalue weighted by molar-refractivity contribution is 5.71. The second-order valence-corrected chi connectivity index (χ2v) is 5.56. The molecule has 0 aliphatic heterocycles. The SMILES string of the molecule is CCOC(=O)CC1(N(C)C)CC2CCC1C2. The first kappa shape index (κ1) is 11.9. The summed E-state index contributed by atoms with van der Waals surface area (Å²) in [6.07, 6.45) is 5.74. The zero-order valence-electron chi connectivity index (χ0n) is 10.7. The summed E-state index contributed by atoms with van der Waals surface area (Å²) in [7, 11) is 4.22. The molecular formula is C13H23NO2. The second kappa shape index (κ2) is 4.36. The average Bonchev–Trinajstić information content (AvgIpc) is 2.77. The van der Waals surface area contributed by atoms with E-state index in [0.717, 1.165) is 5.92 Å². The van der Waals surface area contributed by atoms with Crippen LogP contribution in [0.15, 0.2) is 0 Å². The minimum Gasteiger partial charge on any atom is -0.466 e. The van der Waals surface area contributed by atoms with Crippen molar-refractivity contribution in [1.29, 1.82) is 0 Å². The smallest absolute Gasteiger partial charge is 0.307 e. The number of esters is 1. The first-order chi connectivity index (χ1) is 7.58. The highest BCUT2D eigenvalue weighted by Crippen LogP contribution is 2.54. The molecule has 2 saturated carbocycles. The molecular weight excluding hydrogens is 202 g/mol. The van der Waals surface area contributed by atoms with Gasteiger partial charge in [-0.3, -0.25) is 4.79 Å². The molecule has 0 aromatic carbocycles. The van der Waals surface area contributed by atoms with Gasteiger partial charge in [-0.25, -0.2) is 0 Å². The predicted octanol–water partition coefficient (Wildman–Crippen LogP) is 2.06. The summed E-state index contributed by atoms with van der Waals surface area (Å²) in [6.45, 7) is 2.37. The molecule has 2 fully saturated rings. The highest BCUT2D eigenvalue weighted by Gasteiger charge is 2.53. The quantitative estimate of drug-likeness (QED) is 0.686. The number of carbonyl (C=O) groups is 1. The fourth-order valence-corrected chi connectivity index (χ4v) is 3.80. The normalized spacial score (nSPS) is 37.0. The number of ether oxygens (including phenoxy) is 1. The fraction of sp³-hybridized carbons (Fsp3) is 0.923. The summed E-state index contributed by atoms with van der Waals surface area (Å²) in [5.74, 6) is 1.53. The summed E-state index contributed by atoms with van der Waals surface area (Å²) in [5, 5.41) is 0. The van der Waals surface area contributed by atoms with Gasteiger partial charge in [-0.05, 0) is 52.1 Å². The first-order valence-electron chi connectivity index (χ1n) is 6.41. The van der Waals surface area contributed by atoms with Crippen molar-refractivity contribution in [2.24, 2.45) is 11.8 Å². The number of nitrogens with zero attached hydrogens (tertiary/aromatic N) is 1. The molecule has 0 amide bonds. The zero-order valence-corrected chi connectivity index (χ0v) is 10.7. The van der Waals surface area contributed by atoms with Crippen molar-refractivity contribution >= 4 is 5.97 Å². The van der Waals surface area contributed by atoms with Crippen LogP contribution in [0.4, 0.5) is 0 Å². The van der Waals surface area contributed by atoms with Gasteiger partial charge in [-0.15, -0.1) is 0 Å². The Kier molecular flexibility index (Phi) is 3.24. The maximum absolute atomic E-state index is 11.7. The van der Waals surface area contributed by atoms with Crippen molar-refractivity contribution in [2.75, 3.05) is 20.7 Å². The molecule has 16 heavy (non-hydrogen) atoms. The largest absolute Gasteiger partial charge is 0.466 e. The highest BCUT2D eigenvalue weighted by atomic mass is 16.5. The van der Waals surface area contributed by atoms with Gasteiger partial charge in [-0.2, -0.15) is 0 Å². The van der Waals surface area contributed by atoms with E-state index in [1.54, 1.807) is 0 Å². The molecule has 0 N–H and O–H groups in total. The van der Waals surface area contributed by atoms with Crippen LogP contribution in [0.3, 0.4) is 0 Å². The lowest BCUT2D eigenvalue weighted by Gasteiger charge is -2.42. The van der Waals surface area contributed by atoms with Crippen molar-refractivity contribution in [3.05, 3.63) is 0 Å². The molecule has 0 aromatic heterocycles. The third-order valence-corrected chi connectivity index (χ3v) is 4.59. The van der Waals surface area contributed by atoms with Gasteiger partial charge in [0.15, 0.2) is 0 Å². The summed E-state index contributed by atoms with van der Waals surface area (Å²) in [6, 6.07) is 0. The topological polar surface area (TPSA) is 29.5 Å². The molecule has 0 saturated heterocycles. The summed E-state index contributed by atoms with van der Waals surface area (Å²) >= 11 is 0. The van der Waals surface area contributed by atoms with Crippen LogP contribution in [-0.4, -0.2) is 37.1 Å². The molecule has 2 rings (SSSR count). The molecule has 92 valence electrons. The lowest BCUT2D eigenvalue weighted by molar-refractivity contribution is -0.147. The summed E-state index contributed by atoms with van der Waals surface area (Å²) < 4.78 is 5.12. The minimum atomic E-state index is -0.0243. The van der Waals surface area contributed by atoms with E-state index in [9.17, 15) is 4.79 Å². The fourth-order valence-electron chi connectivity index (χ4n) is 3.80. The third-order valence-electron chi connectivity index (χ3n) is 4.59. The second-order valence-electron chi connectivity index (χ2n) is 5.56. The van der Waals surface area contributed by atoms with E-state index in [-0.39, 0.29) is 11.5 Å². The van der Waals surface area contributed by atoms with Gasteiger partial charge < -0.3 is 9.64 Å². The Bertz CT molecular complexity index is 277. The number of fused-ring (bicyclic) bond motifs is 2. The number of hydrogen-bond donors (Lipinski definition) is 0. The van der Waals surface area contributed by atoms with E-state index in [2.05, 4.69) is 19.0 Å². The van der Waals surface area contributed by atoms with Gasteiger partial charge in [-0.1, -0.05) is 6.42 Å². The Morgan fingerprint density at radius 3 is 2.62 bits per heavy atom. The van der Waals surface area contributed by atoms with E-state index in [1.807, 2.05) is 6.92 Å². The standard InChI is InChI=1S/C13H23NO2/c1-4-16-12(15)9-13(14(2)3)8-10-5-6-11(13)7-10/h10-11H,4-9H2,1-3H3. The Morgan fingerprint density at radius 1 is 1.44 bits per heavy atom. The molecule has 2 aliphatic carbocycles. The molecule has 0 aromatic rings. The predicted molar refractivity (Wildman–Crippen MR) is 63.1 cm³/mol. The minimum absolute atomic E-state index is 0.0243. The lowest BCUT2D eigenvalue weighted by Crippen LogP contribution is -2.50. The zero-order chi connectivity index (χ0) is 11.8. The van der Waals surface area contributed by atoms with E-state index in [4.69, 9.17) is 4.74 Å². The van der Waals surface area contributed by atoms with Crippen molar-refractivity contribution in [1.82, 2.24) is 4.90 Å². The monoisotopic (exact) mass is 225 g/mol. The maximum Gasteiger partial charge on any atom is 0.307 e. The molecule has 0 heterocycles. The van der Waals surface area contributed by atoms with Crippen LogP contribution in [0.2, 0.25) is 0 Å². The van der Waals surface area contributed by atoms with Crippen LogP contribution < -0.4 is 0 Å². The van der Waals surface area contributed by atoms with Crippen LogP contribution in [-0.2, 0) is 9.53 Å². The van der Waals surface area contributed by atoms with E-state index >= 15 is 0 Å². The van der Waals surface area contributed by atoms with Crippen molar-refractivity contribution in [3.8, 4) is 0 Å². The van der Waals surface area contributed by atoms with E-state index in [1.165, 1.54) is 25.7 Å². The van der Waals surface area contributed by atoms with Crippen LogP contribution in [0.25, 0.3) is 0 Å². The molecule has 3 nitrogen and oxygen atoms in total. The molecule has 0 radical (unpaired) electrons. The Labute approximate surface area is 98.1 Å². The van der Waals surface area contributed by atoms with Crippen LogP contribution in [0, 0.1) is 11.8 Å². The Morgan fingerprint density at radius 2 is 2.19 bits per heavy atom. The van der Waals surface area contributed by atoms with Crippen LogP contribution in [0.1, 0.15) is 39.0 Å². The molecule has 0 spiro atoms. The molecule has 3 heteroatoms. The van der Waals surface area contributed by atoms with Crippen molar-refractivity contribution in [3.63, 3.8) is 0 Å². The van der Waals surface area contributed by atoms with Gasteiger partial charge in [0.1, 0.15) is 0 Å². The Balaban J connectivity index is 2.08. The first-order valence-corrected chi connectivity index (χ1v) is 6.41. The Hall–Kier alpha value is -0.570. The molecule has 2 bridgehead atoms. The van der Waals surface area contributed by atoms with Gasteiger partial charge in [0.25, 0.3) is 0 Å². The van der Waals surface area contributed by atoms with Gasteiger partial charge in [0, 0.05) is 5.54 Å².